The molecule has 1 saturated heterocycles. The average molecular weight is 393 g/mol. The minimum Gasteiger partial charge on any atom is -0.370 e. The lowest BCUT2D eigenvalue weighted by Crippen LogP contribution is -2.38. The maximum absolute atomic E-state index is 6.10. The van der Waals surface area contributed by atoms with Crippen LogP contribution in [-0.4, -0.2) is 30.5 Å². The van der Waals surface area contributed by atoms with E-state index in [9.17, 15) is 0 Å². The predicted molar refractivity (Wildman–Crippen MR) is 94.7 cm³/mol. The van der Waals surface area contributed by atoms with E-state index >= 15 is 0 Å². The van der Waals surface area contributed by atoms with Crippen LogP contribution in [-0.2, 0) is 0 Å². The third-order valence-corrected chi connectivity index (χ3v) is 4.27. The molecular formula is C14H24IN3S. The van der Waals surface area contributed by atoms with Crippen LogP contribution in [0, 0.1) is 0 Å². The molecule has 0 aliphatic carbocycles. The Kier molecular flexibility index (Phi) is 7.75. The van der Waals surface area contributed by atoms with Gasteiger partial charge in [0.25, 0.3) is 0 Å². The molecule has 1 aromatic rings. The van der Waals surface area contributed by atoms with Crippen molar-refractivity contribution in [2.45, 2.75) is 38.5 Å². The largest absolute Gasteiger partial charge is 0.370 e. The number of nitrogens with two attached hydrogens (primary N) is 1. The van der Waals surface area contributed by atoms with Crippen molar-refractivity contribution in [3.8, 4) is 0 Å². The third-order valence-electron chi connectivity index (χ3n) is 3.57. The predicted octanol–water partition coefficient (Wildman–Crippen LogP) is 3.66. The zero-order valence-electron chi connectivity index (χ0n) is 11.5. The van der Waals surface area contributed by atoms with Gasteiger partial charge in [-0.2, -0.15) is 11.3 Å². The SMILES string of the molecule is CC(CN=C(N)N1CCCCCC1)c1ccsc1.I. The van der Waals surface area contributed by atoms with Gasteiger partial charge in [-0.3, -0.25) is 4.99 Å². The van der Waals surface area contributed by atoms with Gasteiger partial charge in [0.15, 0.2) is 5.96 Å². The highest BCUT2D eigenvalue weighted by atomic mass is 127. The number of rotatable bonds is 3. The van der Waals surface area contributed by atoms with Crippen molar-refractivity contribution in [2.75, 3.05) is 19.6 Å². The molecule has 0 amide bonds. The van der Waals surface area contributed by atoms with Crippen LogP contribution in [0.3, 0.4) is 0 Å². The Morgan fingerprint density at radius 3 is 2.63 bits per heavy atom. The van der Waals surface area contributed by atoms with Crippen LogP contribution in [0.15, 0.2) is 21.8 Å². The fourth-order valence-corrected chi connectivity index (χ4v) is 3.07. The standard InChI is InChI=1S/C14H23N3S.HI/c1-12(13-6-9-18-11-13)10-16-14(15)17-7-4-2-3-5-8-17;/h6,9,11-12H,2-5,7-8,10H2,1H3,(H2,15,16);1H. The normalized spacial score (nSPS) is 18.6. The van der Waals surface area contributed by atoms with E-state index < -0.39 is 0 Å². The lowest BCUT2D eigenvalue weighted by molar-refractivity contribution is 0.428. The molecule has 19 heavy (non-hydrogen) atoms. The summed E-state index contributed by atoms with van der Waals surface area (Å²) in [6.07, 6.45) is 5.15. The number of halogens is 1. The molecule has 1 fully saturated rings. The van der Waals surface area contributed by atoms with Crippen molar-refractivity contribution in [1.82, 2.24) is 4.90 Å². The Hall–Kier alpha value is -0.300. The van der Waals surface area contributed by atoms with Crippen LogP contribution in [0.25, 0.3) is 0 Å². The summed E-state index contributed by atoms with van der Waals surface area (Å²) in [6, 6.07) is 2.17. The fraction of sp³-hybridized carbons (Fsp3) is 0.643. The van der Waals surface area contributed by atoms with Crippen LogP contribution >= 0.6 is 35.3 Å². The molecule has 2 rings (SSSR count). The number of hydrogen-bond donors (Lipinski definition) is 1. The summed E-state index contributed by atoms with van der Waals surface area (Å²) < 4.78 is 0. The van der Waals surface area contributed by atoms with Gasteiger partial charge in [-0.15, -0.1) is 24.0 Å². The summed E-state index contributed by atoms with van der Waals surface area (Å²) in [6.45, 7) is 5.14. The van der Waals surface area contributed by atoms with Crippen molar-refractivity contribution in [3.63, 3.8) is 0 Å². The Morgan fingerprint density at radius 2 is 2.05 bits per heavy atom. The van der Waals surface area contributed by atoms with Gasteiger partial charge in [0.05, 0.1) is 0 Å². The zero-order valence-corrected chi connectivity index (χ0v) is 14.7. The molecule has 0 saturated carbocycles. The van der Waals surface area contributed by atoms with Crippen LogP contribution in [0.5, 0.6) is 0 Å². The molecule has 108 valence electrons. The maximum atomic E-state index is 6.10. The number of nitrogens with zero attached hydrogens (tertiary/aromatic N) is 2. The van der Waals surface area contributed by atoms with E-state index in [0.29, 0.717) is 5.92 Å². The minimum atomic E-state index is 0. The van der Waals surface area contributed by atoms with E-state index in [2.05, 4.69) is 33.6 Å². The smallest absolute Gasteiger partial charge is 0.191 e. The highest BCUT2D eigenvalue weighted by Crippen LogP contribution is 2.18. The summed E-state index contributed by atoms with van der Waals surface area (Å²) in [5.41, 5.74) is 7.47. The number of hydrogen-bond acceptors (Lipinski definition) is 2. The van der Waals surface area contributed by atoms with E-state index in [0.717, 1.165) is 25.6 Å². The molecule has 0 spiro atoms. The van der Waals surface area contributed by atoms with Gasteiger partial charge in [0.2, 0.25) is 0 Å². The molecule has 1 aliphatic heterocycles. The summed E-state index contributed by atoms with van der Waals surface area (Å²) in [5, 5.41) is 4.32. The van der Waals surface area contributed by atoms with Crippen molar-refractivity contribution < 1.29 is 0 Å². The fourth-order valence-electron chi connectivity index (χ4n) is 2.29. The Bertz CT molecular complexity index is 370. The van der Waals surface area contributed by atoms with Crippen molar-refractivity contribution in [1.29, 1.82) is 0 Å². The molecule has 0 radical (unpaired) electrons. The topological polar surface area (TPSA) is 41.6 Å². The summed E-state index contributed by atoms with van der Waals surface area (Å²) in [7, 11) is 0. The van der Waals surface area contributed by atoms with Crippen LogP contribution < -0.4 is 5.73 Å². The maximum Gasteiger partial charge on any atom is 0.191 e. The first-order chi connectivity index (χ1) is 8.77. The van der Waals surface area contributed by atoms with Gasteiger partial charge >= 0.3 is 0 Å². The highest BCUT2D eigenvalue weighted by molar-refractivity contribution is 14.0. The molecule has 1 atom stereocenters. The van der Waals surface area contributed by atoms with Gasteiger partial charge in [-0.1, -0.05) is 19.8 Å². The summed E-state index contributed by atoms with van der Waals surface area (Å²) in [4.78, 5) is 6.81. The quantitative estimate of drug-likeness (QED) is 0.484. The second-order valence-electron chi connectivity index (χ2n) is 5.06. The molecule has 0 aromatic carbocycles. The van der Waals surface area contributed by atoms with Gasteiger partial charge in [0.1, 0.15) is 0 Å². The minimum absolute atomic E-state index is 0. The monoisotopic (exact) mass is 393 g/mol. The first-order valence-corrected chi connectivity index (χ1v) is 7.78. The van der Waals surface area contributed by atoms with Gasteiger partial charge < -0.3 is 10.6 Å². The van der Waals surface area contributed by atoms with E-state index in [1.54, 1.807) is 11.3 Å². The average Bonchev–Trinajstić information content (AvgIpc) is 2.78. The van der Waals surface area contributed by atoms with E-state index in [1.807, 2.05) is 0 Å². The Morgan fingerprint density at radius 1 is 1.37 bits per heavy atom. The lowest BCUT2D eigenvalue weighted by atomic mass is 10.1. The molecule has 2 heterocycles. The Labute approximate surface area is 137 Å². The third kappa shape index (κ3) is 5.30. The summed E-state index contributed by atoms with van der Waals surface area (Å²) >= 11 is 1.74. The summed E-state index contributed by atoms with van der Waals surface area (Å²) in [5.74, 6) is 1.20. The molecule has 3 nitrogen and oxygen atoms in total. The first-order valence-electron chi connectivity index (χ1n) is 6.84. The van der Waals surface area contributed by atoms with Gasteiger partial charge in [0, 0.05) is 25.6 Å². The molecule has 0 bridgehead atoms. The van der Waals surface area contributed by atoms with Crippen molar-refractivity contribution in [3.05, 3.63) is 22.4 Å². The number of likely N-dealkylation sites (tertiary alicyclic amines) is 1. The van der Waals surface area contributed by atoms with Crippen LogP contribution in [0.2, 0.25) is 0 Å². The molecule has 1 aliphatic rings. The van der Waals surface area contributed by atoms with Crippen molar-refractivity contribution in [2.24, 2.45) is 10.7 Å². The van der Waals surface area contributed by atoms with Gasteiger partial charge in [-0.05, 0) is 35.2 Å². The van der Waals surface area contributed by atoms with E-state index in [-0.39, 0.29) is 24.0 Å². The molecule has 1 unspecified atom stereocenters. The van der Waals surface area contributed by atoms with Gasteiger partial charge in [-0.25, -0.2) is 0 Å². The Balaban J connectivity index is 0.00000180. The molecular weight excluding hydrogens is 369 g/mol. The second kappa shape index (κ2) is 8.79. The highest BCUT2D eigenvalue weighted by Gasteiger charge is 2.11. The molecule has 1 aromatic heterocycles. The zero-order chi connectivity index (χ0) is 12.8. The second-order valence-corrected chi connectivity index (χ2v) is 5.84. The molecule has 5 heteroatoms. The van der Waals surface area contributed by atoms with Crippen molar-refractivity contribution >= 4 is 41.3 Å². The number of aliphatic imine (C=N–C) groups is 1. The first kappa shape index (κ1) is 16.8. The van der Waals surface area contributed by atoms with E-state index in [4.69, 9.17) is 5.73 Å². The lowest BCUT2D eigenvalue weighted by Gasteiger charge is -2.21. The number of thiophene rings is 1. The van der Waals surface area contributed by atoms with Crippen LogP contribution in [0.1, 0.15) is 44.1 Å². The molecule has 2 N–H and O–H groups in total. The van der Waals surface area contributed by atoms with E-state index in [1.165, 1.54) is 31.2 Å². The number of guanidine groups is 1. The van der Waals surface area contributed by atoms with Crippen LogP contribution in [0.4, 0.5) is 0 Å².